The molecule has 1 aliphatic heterocycles. The Kier molecular flexibility index (Phi) is 7.05. The molecule has 23 heavy (non-hydrogen) atoms. The number of hydrogen-bond acceptors (Lipinski definition) is 3. The summed E-state index contributed by atoms with van der Waals surface area (Å²) in [5.74, 6) is 0.0409. The number of likely N-dealkylation sites (tertiary alicyclic amines) is 1. The van der Waals surface area contributed by atoms with Crippen LogP contribution in [0, 0.1) is 0 Å². The van der Waals surface area contributed by atoms with Gasteiger partial charge in [-0.2, -0.15) is 0 Å². The second-order valence-corrected chi connectivity index (χ2v) is 6.71. The van der Waals surface area contributed by atoms with Crippen molar-refractivity contribution in [3.63, 3.8) is 0 Å². The Hall–Kier alpha value is -1.40. The first-order valence-electron chi connectivity index (χ1n) is 8.14. The first-order chi connectivity index (χ1) is 11.1. The number of rotatable bonds is 6. The maximum Gasteiger partial charge on any atom is 0.252 e. The largest absolute Gasteiger partial charge is 0.355 e. The zero-order chi connectivity index (χ0) is 16.7. The van der Waals surface area contributed by atoms with Crippen molar-refractivity contribution in [1.82, 2.24) is 15.5 Å². The van der Waals surface area contributed by atoms with Gasteiger partial charge in [0.05, 0.1) is 12.1 Å². The third-order valence-electron chi connectivity index (χ3n) is 3.98. The summed E-state index contributed by atoms with van der Waals surface area (Å²) in [7, 11) is 0. The number of carbonyl (C=O) groups is 2. The van der Waals surface area contributed by atoms with E-state index in [0.717, 1.165) is 43.4 Å². The summed E-state index contributed by atoms with van der Waals surface area (Å²) in [5.41, 5.74) is 0.661. The first-order valence-corrected chi connectivity index (χ1v) is 8.94. The van der Waals surface area contributed by atoms with Gasteiger partial charge in [-0.15, -0.1) is 0 Å². The zero-order valence-electron chi connectivity index (χ0n) is 13.5. The van der Waals surface area contributed by atoms with E-state index in [1.165, 1.54) is 0 Å². The normalized spacial score (nSPS) is 16.1. The molecule has 0 bridgehead atoms. The SMILES string of the molecule is CCCNC(=O)CN1CCC(NC(=O)c2ccccc2Br)CC1. The Labute approximate surface area is 145 Å². The molecule has 1 saturated heterocycles. The van der Waals surface area contributed by atoms with Gasteiger partial charge < -0.3 is 10.6 Å². The van der Waals surface area contributed by atoms with E-state index in [2.05, 4.69) is 31.5 Å². The Morgan fingerprint density at radius 1 is 1.26 bits per heavy atom. The average molecular weight is 382 g/mol. The lowest BCUT2D eigenvalue weighted by atomic mass is 10.0. The zero-order valence-corrected chi connectivity index (χ0v) is 15.1. The third kappa shape index (κ3) is 5.62. The summed E-state index contributed by atoms with van der Waals surface area (Å²) in [4.78, 5) is 26.2. The third-order valence-corrected chi connectivity index (χ3v) is 4.67. The predicted octanol–water partition coefficient (Wildman–Crippen LogP) is 2.17. The monoisotopic (exact) mass is 381 g/mol. The van der Waals surface area contributed by atoms with Gasteiger partial charge in [0.25, 0.3) is 5.91 Å². The number of nitrogens with one attached hydrogen (secondary N) is 2. The van der Waals surface area contributed by atoms with Crippen LogP contribution < -0.4 is 10.6 Å². The molecular weight excluding hydrogens is 358 g/mol. The number of nitrogens with zero attached hydrogens (tertiary/aromatic N) is 1. The van der Waals surface area contributed by atoms with Crippen LogP contribution in [0.3, 0.4) is 0 Å². The van der Waals surface area contributed by atoms with Crippen LogP contribution in [0.4, 0.5) is 0 Å². The molecule has 0 saturated carbocycles. The van der Waals surface area contributed by atoms with Gasteiger partial charge in [0.2, 0.25) is 5.91 Å². The van der Waals surface area contributed by atoms with E-state index in [4.69, 9.17) is 0 Å². The lowest BCUT2D eigenvalue weighted by Crippen LogP contribution is -2.47. The van der Waals surface area contributed by atoms with Gasteiger partial charge in [-0.1, -0.05) is 19.1 Å². The standard InChI is InChI=1S/C17H24BrN3O2/c1-2-9-19-16(22)12-21-10-7-13(8-11-21)20-17(23)14-5-3-4-6-15(14)18/h3-6,13H,2,7-12H2,1H3,(H,19,22)(H,20,23). The fourth-order valence-corrected chi connectivity index (χ4v) is 3.13. The van der Waals surface area contributed by atoms with Crippen molar-refractivity contribution in [1.29, 1.82) is 0 Å². The van der Waals surface area contributed by atoms with Gasteiger partial charge in [0.15, 0.2) is 0 Å². The maximum absolute atomic E-state index is 12.3. The van der Waals surface area contributed by atoms with Crippen LogP contribution in [-0.2, 0) is 4.79 Å². The van der Waals surface area contributed by atoms with E-state index in [9.17, 15) is 9.59 Å². The molecule has 0 aliphatic carbocycles. The van der Waals surface area contributed by atoms with Crippen LogP contribution >= 0.6 is 15.9 Å². The molecule has 1 heterocycles. The van der Waals surface area contributed by atoms with Crippen molar-refractivity contribution in [3.05, 3.63) is 34.3 Å². The van der Waals surface area contributed by atoms with Crippen LogP contribution in [0.25, 0.3) is 0 Å². The fourth-order valence-electron chi connectivity index (χ4n) is 2.67. The Morgan fingerprint density at radius 2 is 1.96 bits per heavy atom. The molecular formula is C17H24BrN3O2. The molecule has 1 fully saturated rings. The van der Waals surface area contributed by atoms with Crippen molar-refractivity contribution < 1.29 is 9.59 Å². The highest BCUT2D eigenvalue weighted by molar-refractivity contribution is 9.10. The van der Waals surface area contributed by atoms with Crippen molar-refractivity contribution in [2.24, 2.45) is 0 Å². The molecule has 1 aromatic carbocycles. The van der Waals surface area contributed by atoms with Gasteiger partial charge >= 0.3 is 0 Å². The second-order valence-electron chi connectivity index (χ2n) is 5.85. The Morgan fingerprint density at radius 3 is 2.61 bits per heavy atom. The van der Waals surface area contributed by atoms with E-state index in [-0.39, 0.29) is 17.9 Å². The lowest BCUT2D eigenvalue weighted by molar-refractivity contribution is -0.122. The molecule has 6 heteroatoms. The Balaban J connectivity index is 1.75. The topological polar surface area (TPSA) is 61.4 Å². The summed E-state index contributed by atoms with van der Waals surface area (Å²) in [6, 6.07) is 7.60. The summed E-state index contributed by atoms with van der Waals surface area (Å²) in [6.45, 7) is 4.89. The van der Waals surface area contributed by atoms with E-state index < -0.39 is 0 Å². The highest BCUT2D eigenvalue weighted by Gasteiger charge is 2.22. The molecule has 126 valence electrons. The lowest BCUT2D eigenvalue weighted by Gasteiger charge is -2.31. The molecule has 1 aliphatic rings. The maximum atomic E-state index is 12.3. The van der Waals surface area contributed by atoms with Crippen molar-refractivity contribution in [2.45, 2.75) is 32.2 Å². The number of halogens is 1. The van der Waals surface area contributed by atoms with E-state index in [1.54, 1.807) is 0 Å². The van der Waals surface area contributed by atoms with Crippen LogP contribution in [0.1, 0.15) is 36.5 Å². The molecule has 2 rings (SSSR count). The number of benzene rings is 1. The summed E-state index contributed by atoms with van der Waals surface area (Å²) in [6.07, 6.45) is 2.70. The molecule has 0 radical (unpaired) electrons. The first kappa shape index (κ1) is 17.9. The molecule has 1 aromatic rings. The van der Waals surface area contributed by atoms with Gasteiger partial charge in [-0.05, 0) is 47.3 Å². The molecule has 0 atom stereocenters. The summed E-state index contributed by atoms with van der Waals surface area (Å²) < 4.78 is 0.808. The predicted molar refractivity (Wildman–Crippen MR) is 94.4 cm³/mol. The van der Waals surface area contributed by atoms with E-state index in [1.807, 2.05) is 31.2 Å². The minimum absolute atomic E-state index is 0.0448. The van der Waals surface area contributed by atoms with Crippen molar-refractivity contribution in [3.8, 4) is 0 Å². The van der Waals surface area contributed by atoms with Crippen molar-refractivity contribution in [2.75, 3.05) is 26.2 Å². The van der Waals surface area contributed by atoms with Gasteiger partial charge in [-0.3, -0.25) is 14.5 Å². The number of carbonyl (C=O) groups excluding carboxylic acids is 2. The van der Waals surface area contributed by atoms with Gasteiger partial charge in [0, 0.05) is 30.1 Å². The molecule has 0 unspecified atom stereocenters. The molecule has 0 spiro atoms. The average Bonchev–Trinajstić information content (AvgIpc) is 2.55. The molecule has 5 nitrogen and oxygen atoms in total. The van der Waals surface area contributed by atoms with Gasteiger partial charge in [0.1, 0.15) is 0 Å². The van der Waals surface area contributed by atoms with Crippen LogP contribution in [0.2, 0.25) is 0 Å². The summed E-state index contributed by atoms with van der Waals surface area (Å²) >= 11 is 3.41. The summed E-state index contributed by atoms with van der Waals surface area (Å²) in [5, 5.41) is 5.98. The Bertz CT molecular complexity index is 542. The van der Waals surface area contributed by atoms with E-state index >= 15 is 0 Å². The smallest absolute Gasteiger partial charge is 0.252 e. The highest BCUT2D eigenvalue weighted by atomic mass is 79.9. The van der Waals surface area contributed by atoms with Crippen LogP contribution in [0.5, 0.6) is 0 Å². The van der Waals surface area contributed by atoms with Crippen molar-refractivity contribution >= 4 is 27.7 Å². The highest BCUT2D eigenvalue weighted by Crippen LogP contribution is 2.17. The second kappa shape index (κ2) is 9.03. The van der Waals surface area contributed by atoms with Crippen LogP contribution in [0.15, 0.2) is 28.7 Å². The minimum Gasteiger partial charge on any atom is -0.355 e. The van der Waals surface area contributed by atoms with Gasteiger partial charge in [-0.25, -0.2) is 0 Å². The molecule has 0 aromatic heterocycles. The molecule has 2 N–H and O–H groups in total. The van der Waals surface area contributed by atoms with Crippen LogP contribution in [-0.4, -0.2) is 48.9 Å². The quantitative estimate of drug-likeness (QED) is 0.793. The molecule has 2 amide bonds. The number of amides is 2. The number of hydrogen-bond donors (Lipinski definition) is 2. The fraction of sp³-hybridized carbons (Fsp3) is 0.529. The van der Waals surface area contributed by atoms with E-state index in [0.29, 0.717) is 12.1 Å². The minimum atomic E-state index is -0.0448. The number of piperidine rings is 1.